The van der Waals surface area contributed by atoms with Crippen molar-refractivity contribution >= 4 is 46.2 Å². The summed E-state index contributed by atoms with van der Waals surface area (Å²) in [6.07, 6.45) is 3.32. The highest BCUT2D eigenvalue weighted by Gasteiger charge is 2.30. The number of benzene rings is 2. The van der Waals surface area contributed by atoms with E-state index in [0.29, 0.717) is 41.8 Å². The van der Waals surface area contributed by atoms with Crippen LogP contribution in [-0.2, 0) is 9.63 Å². The average Bonchev–Trinajstić information content (AvgIpc) is 3.43. The first kappa shape index (κ1) is 29.1. The fourth-order valence-corrected chi connectivity index (χ4v) is 4.49. The number of hydrogen-bond donors (Lipinski definition) is 2. The predicted octanol–water partition coefficient (Wildman–Crippen LogP) is 5.03. The number of amides is 1. The second-order valence-corrected chi connectivity index (χ2v) is 9.92. The summed E-state index contributed by atoms with van der Waals surface area (Å²) >= 11 is 6.03. The van der Waals surface area contributed by atoms with Gasteiger partial charge in [0.25, 0.3) is 0 Å². The standard InChI is InChI=1S/C28H33ClFN7O3/c1-6-28(38)34-21-14-22(25(39-5)15-24(21)36(4)11-10-35(2)3)33-26-16-27(32-17-31-26)37-23(9-12-40-37)18-7-8-20(30)19(29)13-18/h6-8,13-17,23H,1,9-12H2,2-5H3,(H,34,38)(H,31,32,33)/t23-/m1/s1. The summed E-state index contributed by atoms with van der Waals surface area (Å²) in [6, 6.07) is 9.82. The van der Waals surface area contributed by atoms with Crippen LogP contribution in [0.5, 0.6) is 5.75 Å². The Kier molecular flexibility index (Phi) is 9.41. The van der Waals surface area contributed by atoms with Crippen molar-refractivity contribution in [1.82, 2.24) is 14.9 Å². The number of carbonyl (C=O) groups excluding carboxylic acids is 1. The first-order chi connectivity index (χ1) is 19.2. The maximum Gasteiger partial charge on any atom is 0.247 e. The van der Waals surface area contributed by atoms with Crippen molar-refractivity contribution in [1.29, 1.82) is 0 Å². The van der Waals surface area contributed by atoms with Gasteiger partial charge in [-0.1, -0.05) is 24.2 Å². The molecule has 2 N–H and O–H groups in total. The van der Waals surface area contributed by atoms with Gasteiger partial charge in [-0.05, 0) is 43.9 Å². The Balaban J connectivity index is 1.63. The number of halogens is 2. The number of anilines is 5. The van der Waals surface area contributed by atoms with E-state index in [1.54, 1.807) is 36.4 Å². The molecule has 1 saturated heterocycles. The van der Waals surface area contributed by atoms with Gasteiger partial charge < -0.3 is 25.2 Å². The monoisotopic (exact) mass is 569 g/mol. The molecular weight excluding hydrogens is 537 g/mol. The first-order valence-corrected chi connectivity index (χ1v) is 13.1. The zero-order chi connectivity index (χ0) is 28.8. The molecule has 0 spiro atoms. The van der Waals surface area contributed by atoms with Crippen LogP contribution in [0, 0.1) is 5.82 Å². The molecule has 3 aromatic rings. The van der Waals surface area contributed by atoms with Crippen molar-refractivity contribution in [2.45, 2.75) is 12.5 Å². The molecule has 0 aliphatic carbocycles. The minimum absolute atomic E-state index is 0.0524. The SMILES string of the molecule is C=CC(=O)Nc1cc(Nc2cc(N3OCC[C@@H]3c3ccc(F)c(Cl)c3)ncn2)c(OC)cc1N(C)CCN(C)C. The van der Waals surface area contributed by atoms with Gasteiger partial charge >= 0.3 is 0 Å². The maximum absolute atomic E-state index is 13.7. The molecular formula is C28H33ClFN7O3. The summed E-state index contributed by atoms with van der Waals surface area (Å²) in [5.41, 5.74) is 2.77. The number of nitrogens with zero attached hydrogens (tertiary/aromatic N) is 5. The molecule has 1 aromatic heterocycles. The lowest BCUT2D eigenvalue weighted by Gasteiger charge is -2.26. The van der Waals surface area contributed by atoms with E-state index in [9.17, 15) is 9.18 Å². The average molecular weight is 570 g/mol. The van der Waals surface area contributed by atoms with Gasteiger partial charge in [0.05, 0.1) is 41.8 Å². The molecule has 12 heteroatoms. The summed E-state index contributed by atoms with van der Waals surface area (Å²) in [6.45, 7) is 5.58. The van der Waals surface area contributed by atoms with Crippen molar-refractivity contribution in [3.63, 3.8) is 0 Å². The van der Waals surface area contributed by atoms with Crippen molar-refractivity contribution < 1.29 is 18.8 Å². The number of hydroxylamine groups is 1. The lowest BCUT2D eigenvalue weighted by Crippen LogP contribution is -2.29. The van der Waals surface area contributed by atoms with Crippen molar-refractivity contribution in [3.05, 3.63) is 71.8 Å². The molecule has 0 radical (unpaired) electrons. The maximum atomic E-state index is 13.7. The Morgan fingerprint density at radius 2 is 2.02 bits per heavy atom. The second kappa shape index (κ2) is 12.9. The highest BCUT2D eigenvalue weighted by molar-refractivity contribution is 6.30. The summed E-state index contributed by atoms with van der Waals surface area (Å²) in [4.78, 5) is 31.0. The topological polar surface area (TPSA) is 95.1 Å². The summed E-state index contributed by atoms with van der Waals surface area (Å²) in [5.74, 6) is 0.737. The van der Waals surface area contributed by atoms with Gasteiger partial charge in [0.15, 0.2) is 5.82 Å². The van der Waals surface area contributed by atoms with Crippen LogP contribution < -0.4 is 25.3 Å². The lowest BCUT2D eigenvalue weighted by atomic mass is 10.0. The molecule has 10 nitrogen and oxygen atoms in total. The van der Waals surface area contributed by atoms with Gasteiger partial charge in [0, 0.05) is 38.7 Å². The quantitative estimate of drug-likeness (QED) is 0.308. The van der Waals surface area contributed by atoms with Crippen molar-refractivity contribution in [3.8, 4) is 5.75 Å². The Hall–Kier alpha value is -3.93. The number of carbonyl (C=O) groups is 1. The predicted molar refractivity (Wildman–Crippen MR) is 156 cm³/mol. The fraction of sp³-hybridized carbons (Fsp3) is 0.321. The van der Waals surface area contributed by atoms with E-state index in [2.05, 4.69) is 32.1 Å². The van der Waals surface area contributed by atoms with Gasteiger partial charge in [0.2, 0.25) is 5.91 Å². The number of hydrogen-bond acceptors (Lipinski definition) is 9. The first-order valence-electron chi connectivity index (χ1n) is 12.7. The van der Waals surface area contributed by atoms with E-state index in [1.807, 2.05) is 32.1 Å². The summed E-state index contributed by atoms with van der Waals surface area (Å²) in [7, 11) is 7.53. The Morgan fingerprint density at radius 1 is 1.23 bits per heavy atom. The van der Waals surface area contributed by atoms with Crippen LogP contribution in [0.1, 0.15) is 18.0 Å². The molecule has 4 rings (SSSR count). The smallest absolute Gasteiger partial charge is 0.247 e. The highest BCUT2D eigenvalue weighted by Crippen LogP contribution is 2.39. The molecule has 40 heavy (non-hydrogen) atoms. The highest BCUT2D eigenvalue weighted by atomic mass is 35.5. The molecule has 1 amide bonds. The third kappa shape index (κ3) is 6.79. The van der Waals surface area contributed by atoms with Crippen LogP contribution >= 0.6 is 11.6 Å². The van der Waals surface area contributed by atoms with E-state index >= 15 is 0 Å². The van der Waals surface area contributed by atoms with Gasteiger partial charge in [0.1, 0.15) is 23.7 Å². The molecule has 0 unspecified atom stereocenters. The normalized spacial score (nSPS) is 14.8. The van der Waals surface area contributed by atoms with Gasteiger partial charge in [-0.25, -0.2) is 19.4 Å². The fourth-order valence-electron chi connectivity index (χ4n) is 4.30. The molecule has 0 saturated carbocycles. The van der Waals surface area contributed by atoms with Crippen LogP contribution in [0.25, 0.3) is 0 Å². The summed E-state index contributed by atoms with van der Waals surface area (Å²) in [5, 5.41) is 7.89. The van der Waals surface area contributed by atoms with E-state index < -0.39 is 5.82 Å². The van der Waals surface area contributed by atoms with E-state index in [0.717, 1.165) is 24.3 Å². The number of methoxy groups -OCH3 is 1. The van der Waals surface area contributed by atoms with E-state index in [1.165, 1.54) is 18.5 Å². The number of nitrogens with one attached hydrogen (secondary N) is 2. The number of likely N-dealkylation sites (N-methyl/N-ethyl adjacent to an activating group) is 2. The minimum atomic E-state index is -0.475. The zero-order valence-corrected chi connectivity index (χ0v) is 23.7. The number of ether oxygens (including phenoxy) is 1. The van der Waals surface area contributed by atoms with Crippen LogP contribution in [0.4, 0.5) is 33.1 Å². The minimum Gasteiger partial charge on any atom is -0.494 e. The van der Waals surface area contributed by atoms with E-state index in [4.69, 9.17) is 21.2 Å². The Bertz CT molecular complexity index is 1370. The van der Waals surface area contributed by atoms with Crippen LogP contribution in [0.3, 0.4) is 0 Å². The lowest BCUT2D eigenvalue weighted by molar-refractivity contribution is -0.111. The molecule has 212 valence electrons. The third-order valence-corrected chi connectivity index (χ3v) is 6.72. The molecule has 1 aliphatic heterocycles. The Labute approximate surface area is 238 Å². The van der Waals surface area contributed by atoms with E-state index in [-0.39, 0.29) is 17.0 Å². The second-order valence-electron chi connectivity index (χ2n) is 9.51. The van der Waals surface area contributed by atoms with Crippen molar-refractivity contribution in [2.24, 2.45) is 0 Å². The zero-order valence-electron chi connectivity index (χ0n) is 22.9. The third-order valence-electron chi connectivity index (χ3n) is 6.43. The molecule has 2 aromatic carbocycles. The van der Waals surface area contributed by atoms with Crippen LogP contribution in [0.15, 0.2) is 55.4 Å². The van der Waals surface area contributed by atoms with Crippen LogP contribution in [-0.4, -0.2) is 68.7 Å². The molecule has 1 fully saturated rings. The van der Waals surface area contributed by atoms with Gasteiger partial charge in [-0.15, -0.1) is 0 Å². The van der Waals surface area contributed by atoms with Gasteiger partial charge in [-0.2, -0.15) is 0 Å². The molecule has 1 aliphatic rings. The van der Waals surface area contributed by atoms with Crippen LogP contribution in [0.2, 0.25) is 5.02 Å². The number of aromatic nitrogens is 2. The molecule has 1 atom stereocenters. The van der Waals surface area contributed by atoms with Crippen molar-refractivity contribution in [2.75, 3.05) is 68.5 Å². The molecule has 0 bridgehead atoms. The molecule has 2 heterocycles. The Morgan fingerprint density at radius 3 is 2.73 bits per heavy atom. The summed E-state index contributed by atoms with van der Waals surface area (Å²) < 4.78 is 19.4. The van der Waals surface area contributed by atoms with Gasteiger partial charge in [-0.3, -0.25) is 9.63 Å². The number of rotatable bonds is 11. The largest absolute Gasteiger partial charge is 0.494 e.